The molecule has 11 heteroatoms. The van der Waals surface area contributed by atoms with Gasteiger partial charge in [-0.1, -0.05) is 295 Å². The number of hydrogen-bond acceptors (Lipinski definition) is 6. The monoisotopic (exact) mass is 1410 g/mol. The Morgan fingerprint density at radius 1 is 0.229 bits per heavy atom. The second-order valence-corrected chi connectivity index (χ2v) is 26.6. The first-order chi connectivity index (χ1) is 52.0. The van der Waals surface area contributed by atoms with Gasteiger partial charge in [0.25, 0.3) is 0 Å². The quantitative estimate of drug-likeness (QED) is 0.138. The summed E-state index contributed by atoms with van der Waals surface area (Å²) in [6.07, 6.45) is 4.30. The van der Waals surface area contributed by atoms with Crippen LogP contribution in [0.25, 0.3) is 173 Å². The number of rotatable bonds is 11. The van der Waals surface area contributed by atoms with E-state index in [9.17, 15) is 0 Å². The van der Waals surface area contributed by atoms with Crippen LogP contribution in [-0.2, 0) is 0 Å². The molecular formula is C94H63BrN10. The van der Waals surface area contributed by atoms with Crippen molar-refractivity contribution in [3.05, 3.63) is 381 Å². The lowest BCUT2D eigenvalue weighted by Crippen LogP contribution is -2.01. The van der Waals surface area contributed by atoms with Crippen molar-refractivity contribution in [1.29, 1.82) is 0 Å². The topological polar surface area (TPSA) is 108 Å². The number of para-hydroxylation sites is 2. The van der Waals surface area contributed by atoms with Crippen molar-refractivity contribution in [2.45, 2.75) is 0 Å². The fourth-order valence-electron chi connectivity index (χ4n) is 14.1. The van der Waals surface area contributed by atoms with Crippen LogP contribution in [0.2, 0.25) is 0 Å². The van der Waals surface area contributed by atoms with Gasteiger partial charge < -0.3 is 18.7 Å². The minimum absolute atomic E-state index is 0.632. The first kappa shape index (κ1) is 63.4. The molecule has 0 unspecified atom stereocenters. The van der Waals surface area contributed by atoms with E-state index in [0.717, 1.165) is 77.0 Å². The molecule has 0 atom stereocenters. The maximum atomic E-state index is 4.99. The summed E-state index contributed by atoms with van der Waals surface area (Å²) in [6.45, 7) is 0. The van der Waals surface area contributed by atoms with Gasteiger partial charge in [0.2, 0.25) is 0 Å². The zero-order valence-electron chi connectivity index (χ0n) is 56.7. The van der Waals surface area contributed by atoms with Crippen LogP contribution in [0.5, 0.6) is 0 Å². The van der Waals surface area contributed by atoms with Crippen LogP contribution in [0.15, 0.2) is 381 Å². The normalized spacial score (nSPS) is 11.3. The van der Waals surface area contributed by atoms with E-state index in [-0.39, 0.29) is 0 Å². The average molecular weight is 1410 g/mol. The van der Waals surface area contributed by atoms with Gasteiger partial charge in [0.05, 0.1) is 27.6 Å². The first-order valence-electron chi connectivity index (χ1n) is 34.9. The summed E-state index contributed by atoms with van der Waals surface area (Å²) < 4.78 is 8.01. The molecule has 20 aromatic rings. The number of hydrogen-bond donors (Lipinski definition) is 1. The van der Waals surface area contributed by atoms with Crippen LogP contribution in [0.3, 0.4) is 0 Å². The van der Waals surface area contributed by atoms with Crippen molar-refractivity contribution in [3.63, 3.8) is 0 Å². The molecule has 1 N–H and O–H groups in total. The lowest BCUT2D eigenvalue weighted by molar-refractivity contribution is 1.07. The van der Waals surface area contributed by atoms with Crippen molar-refractivity contribution in [3.8, 4) is 108 Å². The predicted molar refractivity (Wildman–Crippen MR) is 435 cm³/mol. The molecule has 0 aliphatic rings. The zero-order valence-corrected chi connectivity index (χ0v) is 58.3. The molecule has 105 heavy (non-hydrogen) atoms. The summed E-state index contributed by atoms with van der Waals surface area (Å²) in [5.41, 5.74) is 20.8. The molecule has 0 spiro atoms. The predicted octanol–water partition coefficient (Wildman–Crippen LogP) is 24.1. The van der Waals surface area contributed by atoms with Gasteiger partial charge in [0, 0.05) is 105 Å². The van der Waals surface area contributed by atoms with Crippen molar-refractivity contribution >= 4 is 81.3 Å². The third-order valence-electron chi connectivity index (χ3n) is 19.2. The van der Waals surface area contributed by atoms with Crippen molar-refractivity contribution < 1.29 is 0 Å². The van der Waals surface area contributed by atoms with E-state index in [1.807, 2.05) is 127 Å². The highest BCUT2D eigenvalue weighted by Crippen LogP contribution is 2.40. The molecule has 20 rings (SSSR count). The summed E-state index contributed by atoms with van der Waals surface area (Å²) in [5, 5.41) is 7.32. The van der Waals surface area contributed by atoms with E-state index in [4.69, 9.17) is 29.9 Å². The van der Waals surface area contributed by atoms with Gasteiger partial charge in [0.15, 0.2) is 34.9 Å². The summed E-state index contributed by atoms with van der Waals surface area (Å²) in [4.78, 5) is 33.1. The van der Waals surface area contributed by atoms with E-state index in [0.29, 0.717) is 34.9 Å². The van der Waals surface area contributed by atoms with Gasteiger partial charge in [-0.05, 0) is 107 Å². The summed E-state index contributed by atoms with van der Waals surface area (Å²) in [7, 11) is 0. The van der Waals surface area contributed by atoms with Gasteiger partial charge in [-0.25, -0.2) is 29.9 Å². The lowest BCUT2D eigenvalue weighted by Gasteiger charge is -2.12. The van der Waals surface area contributed by atoms with Crippen LogP contribution >= 0.6 is 15.9 Å². The molecule has 0 amide bonds. The SMILES string of the molecule is Brc1ccc(-c2ccccc2)cc1.c1ccc(-c2ccc(-n3c4ccccc4c4ccc5c(ccn5-c5cccc(-c6nc(-c7ccccc7)nc(-c7ccccc7)n6)c5)c43)cc2)cc1.c1ccc(-c2nc(-c3ccccc3)nc(-c3cccc(-n4ccc5c6[nH]c7ccccc7c6ccc54)c3)n2)cc1. The fourth-order valence-corrected chi connectivity index (χ4v) is 14.4. The Balaban J connectivity index is 0.000000130. The molecular weight excluding hydrogens is 1350 g/mol. The molecule has 0 fully saturated rings. The summed E-state index contributed by atoms with van der Waals surface area (Å²) >= 11 is 3.42. The number of nitrogens with one attached hydrogen (secondary N) is 1. The molecule has 496 valence electrons. The van der Waals surface area contributed by atoms with E-state index in [1.54, 1.807) is 0 Å². The lowest BCUT2D eigenvalue weighted by atomic mass is 10.1. The van der Waals surface area contributed by atoms with Gasteiger partial charge in [-0.3, -0.25) is 0 Å². The van der Waals surface area contributed by atoms with Crippen molar-refractivity contribution in [2.75, 3.05) is 0 Å². The Hall–Kier alpha value is -13.7. The molecule has 14 aromatic carbocycles. The molecule has 0 aliphatic heterocycles. The highest BCUT2D eigenvalue weighted by Gasteiger charge is 2.20. The van der Waals surface area contributed by atoms with Crippen LogP contribution in [0, 0.1) is 0 Å². The Kier molecular flexibility index (Phi) is 16.9. The summed E-state index contributed by atoms with van der Waals surface area (Å²) in [5.74, 6) is 3.88. The number of fused-ring (bicyclic) bond motifs is 10. The fraction of sp³-hybridized carbons (Fsp3) is 0. The van der Waals surface area contributed by atoms with Gasteiger partial charge in [-0.2, -0.15) is 0 Å². The third-order valence-corrected chi connectivity index (χ3v) is 19.7. The van der Waals surface area contributed by atoms with Crippen LogP contribution in [0.4, 0.5) is 0 Å². The average Bonchev–Trinajstić information content (AvgIpc) is 1.58. The molecule has 0 bridgehead atoms. The standard InChI is InChI=1S/C47H31N5.C35H23N5.C12H9Br/c1-4-13-32(14-5-1)33-23-25-37(26-24-33)52-43-22-11-10-21-39(43)40-27-28-42-41(44(40)52)29-30-51(42)38-20-12-19-36(31-38)47-49-45(34-15-6-2-7-16-34)48-46(50-47)35-17-8-3-9-18-35;1-3-10-23(11-4-1)33-37-34(24-12-5-2-6-13-24)39-35(38-33)25-14-9-15-26(22-25)40-21-20-29-31(40)19-18-28-27-16-7-8-17-30(27)36-32(28)29;13-12-8-6-11(7-9-12)10-4-2-1-3-5-10/h1-31H;1-22,36H;1-9H. The Labute approximate surface area is 614 Å². The molecule has 0 radical (unpaired) electrons. The number of halogens is 1. The zero-order chi connectivity index (χ0) is 70.0. The van der Waals surface area contributed by atoms with Gasteiger partial charge in [0.1, 0.15) is 0 Å². The molecule has 6 heterocycles. The molecule has 10 nitrogen and oxygen atoms in total. The molecule has 0 aliphatic carbocycles. The largest absolute Gasteiger partial charge is 0.354 e. The molecule has 6 aromatic heterocycles. The second-order valence-electron chi connectivity index (χ2n) is 25.7. The molecule has 0 saturated carbocycles. The smallest absolute Gasteiger partial charge is 0.164 e. The van der Waals surface area contributed by atoms with E-state index in [2.05, 4.69) is 284 Å². The van der Waals surface area contributed by atoms with Crippen LogP contribution in [0.1, 0.15) is 0 Å². The maximum absolute atomic E-state index is 4.99. The van der Waals surface area contributed by atoms with E-state index < -0.39 is 0 Å². The van der Waals surface area contributed by atoms with E-state index >= 15 is 0 Å². The van der Waals surface area contributed by atoms with E-state index in [1.165, 1.54) is 65.6 Å². The Morgan fingerprint density at radius 2 is 0.590 bits per heavy atom. The minimum Gasteiger partial charge on any atom is -0.354 e. The number of aromatic amines is 1. The van der Waals surface area contributed by atoms with Gasteiger partial charge >= 0.3 is 0 Å². The van der Waals surface area contributed by atoms with Crippen molar-refractivity contribution in [1.82, 2.24) is 48.6 Å². The minimum atomic E-state index is 0.632. The highest BCUT2D eigenvalue weighted by atomic mass is 79.9. The highest BCUT2D eigenvalue weighted by molar-refractivity contribution is 9.10. The van der Waals surface area contributed by atoms with Crippen LogP contribution in [-0.4, -0.2) is 48.6 Å². The van der Waals surface area contributed by atoms with Gasteiger partial charge in [-0.15, -0.1) is 0 Å². The number of H-pyrrole nitrogens is 1. The third kappa shape index (κ3) is 12.6. The number of aromatic nitrogens is 10. The second kappa shape index (κ2) is 28.0. The first-order valence-corrected chi connectivity index (χ1v) is 35.7. The molecule has 0 saturated heterocycles. The van der Waals surface area contributed by atoms with Crippen molar-refractivity contribution in [2.24, 2.45) is 0 Å². The number of nitrogens with zero attached hydrogens (tertiary/aromatic N) is 9. The number of benzene rings is 14. The maximum Gasteiger partial charge on any atom is 0.164 e. The Bertz CT molecular complexity index is 6380. The van der Waals surface area contributed by atoms with Crippen LogP contribution < -0.4 is 0 Å². The Morgan fingerprint density at radius 3 is 1.07 bits per heavy atom. The summed E-state index contributed by atoms with van der Waals surface area (Å²) in [6, 6.07) is 126.